The number of aryl methyl sites for hydroxylation is 2. The molecule has 22 heavy (non-hydrogen) atoms. The molecule has 0 N–H and O–H groups in total. The molecule has 1 aromatic heterocycles. The van der Waals surface area contributed by atoms with Crippen LogP contribution in [0.4, 0.5) is 0 Å². The van der Waals surface area contributed by atoms with Gasteiger partial charge in [0, 0.05) is 10.6 Å². The van der Waals surface area contributed by atoms with Crippen LogP contribution < -0.4 is 0 Å². The number of rotatable bonds is 2. The lowest BCUT2D eigenvalue weighted by molar-refractivity contribution is 0.143. The number of aromatic nitrogens is 2. The Balaban J connectivity index is 1.75. The maximum Gasteiger partial charge on any atom is 0.247 e. The van der Waals surface area contributed by atoms with Gasteiger partial charge in [0.15, 0.2) is 0 Å². The average Bonchev–Trinajstić information content (AvgIpc) is 3.16. The number of hydrogen-bond acceptors (Lipinski definition) is 4. The molecule has 2 aliphatic rings. The third-order valence-corrected chi connectivity index (χ3v) is 5.62. The van der Waals surface area contributed by atoms with Crippen molar-refractivity contribution in [2.75, 3.05) is 13.1 Å². The number of hydrogen-bond donors (Lipinski definition) is 0. The largest absolute Gasteiger partial charge is 0.337 e. The van der Waals surface area contributed by atoms with Crippen LogP contribution in [0.3, 0.4) is 0 Å². The summed E-state index contributed by atoms with van der Waals surface area (Å²) in [6, 6.07) is 4.02. The van der Waals surface area contributed by atoms with Crippen molar-refractivity contribution >= 4 is 11.6 Å². The van der Waals surface area contributed by atoms with Crippen LogP contribution in [0.25, 0.3) is 11.4 Å². The second-order valence-electron chi connectivity index (χ2n) is 6.57. The maximum absolute atomic E-state index is 6.26. The summed E-state index contributed by atoms with van der Waals surface area (Å²) in [4.78, 5) is 7.26. The Bertz CT molecular complexity index is 715. The molecule has 4 rings (SSSR count). The summed E-state index contributed by atoms with van der Waals surface area (Å²) >= 11 is 6.26. The lowest BCUT2D eigenvalue weighted by Gasteiger charge is -2.27. The Hall–Kier alpha value is -1.39. The van der Waals surface area contributed by atoms with Crippen molar-refractivity contribution in [1.82, 2.24) is 15.0 Å². The van der Waals surface area contributed by atoms with Gasteiger partial charge in [0.25, 0.3) is 0 Å². The second kappa shape index (κ2) is 5.07. The summed E-state index contributed by atoms with van der Waals surface area (Å²) in [5, 5.41) is 4.99. The molecule has 2 aliphatic heterocycles. The molecule has 3 heterocycles. The van der Waals surface area contributed by atoms with Crippen molar-refractivity contribution < 1.29 is 4.52 Å². The molecule has 5 heteroatoms. The molecule has 1 aromatic carbocycles. The van der Waals surface area contributed by atoms with Gasteiger partial charge in [-0.05, 0) is 69.8 Å². The van der Waals surface area contributed by atoms with Gasteiger partial charge in [0.2, 0.25) is 11.7 Å². The van der Waals surface area contributed by atoms with E-state index in [1.807, 2.05) is 13.0 Å². The van der Waals surface area contributed by atoms with Gasteiger partial charge in [-0.1, -0.05) is 22.8 Å². The molecule has 0 bridgehead atoms. The highest BCUT2D eigenvalue weighted by molar-refractivity contribution is 6.31. The SMILES string of the molecule is Cc1cc(C)c(-c2noc(C34CCCN3CCC4)n2)cc1Cl. The Morgan fingerprint density at radius 2 is 1.86 bits per heavy atom. The van der Waals surface area contributed by atoms with Crippen LogP contribution in [-0.4, -0.2) is 28.1 Å². The van der Waals surface area contributed by atoms with Gasteiger partial charge in [-0.25, -0.2) is 0 Å². The fourth-order valence-corrected chi connectivity index (χ4v) is 4.21. The van der Waals surface area contributed by atoms with Gasteiger partial charge in [0.05, 0.1) is 0 Å². The van der Waals surface area contributed by atoms with Crippen molar-refractivity contribution in [2.24, 2.45) is 0 Å². The van der Waals surface area contributed by atoms with Gasteiger partial charge < -0.3 is 4.52 Å². The molecule has 0 saturated carbocycles. The normalized spacial score (nSPS) is 20.5. The average molecular weight is 318 g/mol. The zero-order chi connectivity index (χ0) is 15.3. The van der Waals surface area contributed by atoms with Crippen LogP contribution in [0.5, 0.6) is 0 Å². The number of fused-ring (bicyclic) bond motifs is 1. The molecule has 116 valence electrons. The standard InChI is InChI=1S/C17H20ClN3O/c1-11-9-12(2)14(18)10-13(11)15-19-16(22-20-15)17-5-3-7-21(17)8-4-6-17/h9-10H,3-8H2,1-2H3. The van der Waals surface area contributed by atoms with Crippen LogP contribution in [0.2, 0.25) is 5.02 Å². The summed E-state index contributed by atoms with van der Waals surface area (Å²) in [6.45, 7) is 6.36. The molecule has 0 atom stereocenters. The number of nitrogens with zero attached hydrogens (tertiary/aromatic N) is 3. The summed E-state index contributed by atoms with van der Waals surface area (Å²) in [5.74, 6) is 1.44. The Morgan fingerprint density at radius 3 is 2.59 bits per heavy atom. The van der Waals surface area contributed by atoms with Gasteiger partial charge in [-0.3, -0.25) is 4.90 Å². The highest BCUT2D eigenvalue weighted by Crippen LogP contribution is 2.46. The molecule has 0 spiro atoms. The molecule has 2 aromatic rings. The minimum absolute atomic E-state index is 0.00630. The van der Waals surface area contributed by atoms with Crippen molar-refractivity contribution in [2.45, 2.75) is 45.1 Å². The van der Waals surface area contributed by atoms with Crippen molar-refractivity contribution in [3.8, 4) is 11.4 Å². The van der Waals surface area contributed by atoms with Crippen molar-refractivity contribution in [1.29, 1.82) is 0 Å². The zero-order valence-electron chi connectivity index (χ0n) is 13.0. The quantitative estimate of drug-likeness (QED) is 0.836. The lowest BCUT2D eigenvalue weighted by Crippen LogP contribution is -2.35. The molecule has 0 amide bonds. The first-order chi connectivity index (χ1) is 10.6. The van der Waals surface area contributed by atoms with Crippen LogP contribution in [-0.2, 0) is 5.54 Å². The van der Waals surface area contributed by atoms with E-state index in [2.05, 4.69) is 23.0 Å². The Kier molecular flexibility index (Phi) is 3.27. The zero-order valence-corrected chi connectivity index (χ0v) is 13.8. The summed E-state index contributed by atoms with van der Waals surface area (Å²) in [6.07, 6.45) is 4.69. The highest BCUT2D eigenvalue weighted by atomic mass is 35.5. The van der Waals surface area contributed by atoms with E-state index in [1.165, 1.54) is 12.8 Å². The lowest BCUT2D eigenvalue weighted by atomic mass is 9.94. The third kappa shape index (κ3) is 2.01. The molecule has 0 unspecified atom stereocenters. The van der Waals surface area contributed by atoms with Crippen LogP contribution in [0, 0.1) is 13.8 Å². The predicted molar refractivity (Wildman–Crippen MR) is 85.9 cm³/mol. The van der Waals surface area contributed by atoms with Crippen molar-refractivity contribution in [3.63, 3.8) is 0 Å². The molecule has 0 aliphatic carbocycles. The summed E-state index contributed by atoms with van der Waals surface area (Å²) < 4.78 is 5.69. The molecule has 2 fully saturated rings. The molecule has 2 saturated heterocycles. The number of halogens is 1. The maximum atomic E-state index is 6.26. The van der Waals surface area contributed by atoms with E-state index in [0.717, 1.165) is 53.5 Å². The van der Waals surface area contributed by atoms with Gasteiger partial charge >= 0.3 is 0 Å². The van der Waals surface area contributed by atoms with Crippen LogP contribution in [0.15, 0.2) is 16.7 Å². The Morgan fingerprint density at radius 1 is 1.14 bits per heavy atom. The third-order valence-electron chi connectivity index (χ3n) is 5.21. The molecule has 4 nitrogen and oxygen atoms in total. The van der Waals surface area contributed by atoms with E-state index in [9.17, 15) is 0 Å². The van der Waals surface area contributed by atoms with Gasteiger partial charge in [-0.2, -0.15) is 4.98 Å². The van der Waals surface area contributed by atoms with E-state index in [1.54, 1.807) is 0 Å². The van der Waals surface area contributed by atoms with Crippen LogP contribution in [0.1, 0.15) is 42.7 Å². The topological polar surface area (TPSA) is 42.2 Å². The molecular weight excluding hydrogens is 298 g/mol. The molecular formula is C17H20ClN3O. The van der Waals surface area contributed by atoms with E-state index in [4.69, 9.17) is 21.1 Å². The minimum atomic E-state index is -0.00630. The summed E-state index contributed by atoms with van der Waals surface area (Å²) in [7, 11) is 0. The highest BCUT2D eigenvalue weighted by Gasteiger charge is 2.49. The van der Waals surface area contributed by atoms with Crippen molar-refractivity contribution in [3.05, 3.63) is 34.2 Å². The molecule has 0 radical (unpaired) electrons. The fraction of sp³-hybridized carbons (Fsp3) is 0.529. The first kappa shape index (κ1) is 14.2. The summed E-state index contributed by atoms with van der Waals surface area (Å²) in [5.41, 5.74) is 3.15. The smallest absolute Gasteiger partial charge is 0.247 e. The first-order valence-corrected chi connectivity index (χ1v) is 8.34. The van der Waals surface area contributed by atoms with E-state index in [-0.39, 0.29) is 5.54 Å². The van der Waals surface area contributed by atoms with E-state index < -0.39 is 0 Å². The predicted octanol–water partition coefficient (Wildman–Crippen LogP) is 4.09. The van der Waals surface area contributed by atoms with Gasteiger partial charge in [-0.15, -0.1) is 0 Å². The number of benzene rings is 1. The van der Waals surface area contributed by atoms with Crippen LogP contribution >= 0.6 is 11.6 Å². The fourth-order valence-electron chi connectivity index (χ4n) is 4.04. The Labute approximate surface area is 135 Å². The minimum Gasteiger partial charge on any atom is -0.337 e. The monoisotopic (exact) mass is 317 g/mol. The second-order valence-corrected chi connectivity index (χ2v) is 6.97. The van der Waals surface area contributed by atoms with E-state index >= 15 is 0 Å². The van der Waals surface area contributed by atoms with Gasteiger partial charge in [0.1, 0.15) is 5.54 Å². The first-order valence-electron chi connectivity index (χ1n) is 7.96. The van der Waals surface area contributed by atoms with E-state index in [0.29, 0.717) is 5.82 Å².